The van der Waals surface area contributed by atoms with E-state index in [-0.39, 0.29) is 17.9 Å². The maximum absolute atomic E-state index is 11.9. The number of hydrogen-bond acceptors (Lipinski definition) is 4. The van der Waals surface area contributed by atoms with E-state index in [1.54, 1.807) is 13.0 Å². The molecule has 1 aliphatic rings. The van der Waals surface area contributed by atoms with Gasteiger partial charge in [-0.3, -0.25) is 4.79 Å². The zero-order chi connectivity index (χ0) is 15.1. The number of carbonyl (C=O) groups is 2. The second kappa shape index (κ2) is 7.59. The van der Waals surface area contributed by atoms with Crippen molar-refractivity contribution in [2.45, 2.75) is 25.8 Å². The SMILES string of the molecule is CCOC(=O)/C=C/c1ccc(NC(=O)[C@H]2CCCN2)cc1. The number of ether oxygens (including phenoxy) is 1. The van der Waals surface area contributed by atoms with Gasteiger partial charge in [0.2, 0.25) is 5.91 Å². The Morgan fingerprint density at radius 1 is 1.38 bits per heavy atom. The number of carbonyl (C=O) groups excluding carboxylic acids is 2. The van der Waals surface area contributed by atoms with E-state index in [9.17, 15) is 9.59 Å². The van der Waals surface area contributed by atoms with Gasteiger partial charge in [-0.05, 0) is 50.1 Å². The first kappa shape index (κ1) is 15.3. The molecule has 1 aromatic carbocycles. The quantitative estimate of drug-likeness (QED) is 0.642. The van der Waals surface area contributed by atoms with Gasteiger partial charge in [0, 0.05) is 11.8 Å². The zero-order valence-corrected chi connectivity index (χ0v) is 12.1. The Labute approximate surface area is 124 Å². The van der Waals surface area contributed by atoms with E-state index in [1.807, 2.05) is 24.3 Å². The third kappa shape index (κ3) is 4.72. The van der Waals surface area contributed by atoms with Crippen LogP contribution < -0.4 is 10.6 Å². The molecule has 0 saturated carbocycles. The van der Waals surface area contributed by atoms with Crippen LogP contribution in [0.3, 0.4) is 0 Å². The summed E-state index contributed by atoms with van der Waals surface area (Å²) in [7, 11) is 0. The van der Waals surface area contributed by atoms with Crippen LogP contribution in [0.15, 0.2) is 30.3 Å². The molecule has 1 atom stereocenters. The van der Waals surface area contributed by atoms with Crippen LogP contribution in [0.25, 0.3) is 6.08 Å². The lowest BCUT2D eigenvalue weighted by Crippen LogP contribution is -2.35. The molecule has 1 aliphatic heterocycles. The number of anilines is 1. The van der Waals surface area contributed by atoms with Gasteiger partial charge in [-0.1, -0.05) is 12.1 Å². The molecular weight excluding hydrogens is 268 g/mol. The third-order valence-corrected chi connectivity index (χ3v) is 3.25. The number of rotatable bonds is 5. The summed E-state index contributed by atoms with van der Waals surface area (Å²) in [6.45, 7) is 3.03. The van der Waals surface area contributed by atoms with Crippen LogP contribution in [-0.2, 0) is 14.3 Å². The highest BCUT2D eigenvalue weighted by molar-refractivity contribution is 5.95. The molecule has 0 radical (unpaired) electrons. The molecule has 0 aliphatic carbocycles. The van der Waals surface area contributed by atoms with E-state index in [4.69, 9.17) is 4.74 Å². The van der Waals surface area contributed by atoms with Gasteiger partial charge in [-0.2, -0.15) is 0 Å². The molecule has 1 amide bonds. The lowest BCUT2D eigenvalue weighted by atomic mass is 10.1. The summed E-state index contributed by atoms with van der Waals surface area (Å²) in [5.74, 6) is -0.357. The molecule has 1 fully saturated rings. The molecular formula is C16H20N2O3. The van der Waals surface area contributed by atoms with E-state index < -0.39 is 0 Å². The summed E-state index contributed by atoms with van der Waals surface area (Å²) in [5, 5.41) is 6.04. The van der Waals surface area contributed by atoms with Gasteiger partial charge in [0.1, 0.15) is 0 Å². The second-order valence-electron chi connectivity index (χ2n) is 4.85. The van der Waals surface area contributed by atoms with Gasteiger partial charge < -0.3 is 15.4 Å². The minimum Gasteiger partial charge on any atom is -0.463 e. The monoisotopic (exact) mass is 288 g/mol. The van der Waals surface area contributed by atoms with Gasteiger partial charge >= 0.3 is 5.97 Å². The average molecular weight is 288 g/mol. The minimum absolute atomic E-state index is 0.00214. The topological polar surface area (TPSA) is 67.4 Å². The van der Waals surface area contributed by atoms with Crippen molar-refractivity contribution in [2.75, 3.05) is 18.5 Å². The van der Waals surface area contributed by atoms with Gasteiger partial charge in [0.05, 0.1) is 12.6 Å². The smallest absolute Gasteiger partial charge is 0.330 e. The van der Waals surface area contributed by atoms with Crippen LogP contribution in [0.1, 0.15) is 25.3 Å². The predicted octanol–water partition coefficient (Wildman–Crippen LogP) is 1.95. The maximum Gasteiger partial charge on any atom is 0.330 e. The highest BCUT2D eigenvalue weighted by atomic mass is 16.5. The fourth-order valence-electron chi connectivity index (χ4n) is 2.17. The van der Waals surface area contributed by atoms with Gasteiger partial charge in [0.25, 0.3) is 0 Å². The molecule has 1 saturated heterocycles. The van der Waals surface area contributed by atoms with E-state index in [0.29, 0.717) is 6.61 Å². The average Bonchev–Trinajstić information content (AvgIpc) is 3.01. The second-order valence-corrected chi connectivity index (χ2v) is 4.85. The summed E-state index contributed by atoms with van der Waals surface area (Å²) < 4.78 is 4.81. The fraction of sp³-hybridized carbons (Fsp3) is 0.375. The molecule has 1 aromatic rings. The standard InChI is InChI=1S/C16H20N2O3/c1-2-21-15(19)10-7-12-5-8-13(9-6-12)18-16(20)14-4-3-11-17-14/h5-10,14,17H,2-4,11H2,1H3,(H,18,20)/b10-7+/t14-/m1/s1. The van der Waals surface area contributed by atoms with Crippen LogP contribution >= 0.6 is 0 Å². The molecule has 0 bridgehead atoms. The highest BCUT2D eigenvalue weighted by Gasteiger charge is 2.21. The fourth-order valence-corrected chi connectivity index (χ4v) is 2.17. The zero-order valence-electron chi connectivity index (χ0n) is 12.1. The lowest BCUT2D eigenvalue weighted by Gasteiger charge is -2.11. The van der Waals surface area contributed by atoms with Crippen molar-refractivity contribution in [1.29, 1.82) is 0 Å². The Kier molecular flexibility index (Phi) is 5.51. The van der Waals surface area contributed by atoms with Crippen molar-refractivity contribution >= 4 is 23.6 Å². The summed E-state index contributed by atoms with van der Waals surface area (Å²) in [6, 6.07) is 7.23. The number of benzene rings is 1. The lowest BCUT2D eigenvalue weighted by molar-refractivity contribution is -0.137. The Balaban J connectivity index is 1.89. The largest absolute Gasteiger partial charge is 0.463 e. The van der Waals surface area contributed by atoms with Crippen molar-refractivity contribution in [1.82, 2.24) is 5.32 Å². The molecule has 0 unspecified atom stereocenters. The molecule has 0 aromatic heterocycles. The number of amides is 1. The van der Waals surface area contributed by atoms with Crippen molar-refractivity contribution in [3.8, 4) is 0 Å². The normalized spacial score (nSPS) is 17.9. The summed E-state index contributed by atoms with van der Waals surface area (Å²) in [5.41, 5.74) is 1.63. The molecule has 2 rings (SSSR count). The van der Waals surface area contributed by atoms with Crippen LogP contribution in [0.5, 0.6) is 0 Å². The van der Waals surface area contributed by atoms with Crippen molar-refractivity contribution < 1.29 is 14.3 Å². The number of hydrogen-bond donors (Lipinski definition) is 2. The molecule has 5 heteroatoms. The third-order valence-electron chi connectivity index (χ3n) is 3.25. The number of nitrogens with one attached hydrogen (secondary N) is 2. The maximum atomic E-state index is 11.9. The summed E-state index contributed by atoms with van der Waals surface area (Å²) in [6.07, 6.45) is 4.99. The number of esters is 1. The van der Waals surface area contributed by atoms with E-state index in [2.05, 4.69) is 10.6 Å². The Morgan fingerprint density at radius 3 is 2.76 bits per heavy atom. The first-order chi connectivity index (χ1) is 10.2. The molecule has 5 nitrogen and oxygen atoms in total. The van der Waals surface area contributed by atoms with Crippen LogP contribution in [0.4, 0.5) is 5.69 Å². The predicted molar refractivity (Wildman–Crippen MR) is 81.8 cm³/mol. The first-order valence-corrected chi connectivity index (χ1v) is 7.18. The molecule has 112 valence electrons. The van der Waals surface area contributed by atoms with Crippen LogP contribution in [0.2, 0.25) is 0 Å². The van der Waals surface area contributed by atoms with E-state index >= 15 is 0 Å². The Hall–Kier alpha value is -2.14. The minimum atomic E-state index is -0.359. The molecule has 2 N–H and O–H groups in total. The van der Waals surface area contributed by atoms with E-state index in [1.165, 1.54) is 6.08 Å². The van der Waals surface area contributed by atoms with E-state index in [0.717, 1.165) is 30.6 Å². The van der Waals surface area contributed by atoms with Gasteiger partial charge in [-0.25, -0.2) is 4.79 Å². The molecule has 0 spiro atoms. The van der Waals surface area contributed by atoms with Crippen molar-refractivity contribution in [3.63, 3.8) is 0 Å². The van der Waals surface area contributed by atoms with Crippen LogP contribution in [-0.4, -0.2) is 31.1 Å². The van der Waals surface area contributed by atoms with Crippen LogP contribution in [0, 0.1) is 0 Å². The highest BCUT2D eigenvalue weighted by Crippen LogP contribution is 2.13. The molecule has 1 heterocycles. The van der Waals surface area contributed by atoms with Gasteiger partial charge in [-0.15, -0.1) is 0 Å². The molecule has 21 heavy (non-hydrogen) atoms. The Bertz CT molecular complexity index is 517. The van der Waals surface area contributed by atoms with Crippen molar-refractivity contribution in [2.24, 2.45) is 0 Å². The van der Waals surface area contributed by atoms with Gasteiger partial charge in [0.15, 0.2) is 0 Å². The summed E-state index contributed by atoms with van der Waals surface area (Å²) >= 11 is 0. The first-order valence-electron chi connectivity index (χ1n) is 7.18. The Morgan fingerprint density at radius 2 is 2.14 bits per heavy atom. The van der Waals surface area contributed by atoms with Crippen molar-refractivity contribution in [3.05, 3.63) is 35.9 Å². The summed E-state index contributed by atoms with van der Waals surface area (Å²) in [4.78, 5) is 23.1.